The van der Waals surface area contributed by atoms with Crippen molar-refractivity contribution in [3.63, 3.8) is 0 Å². The predicted molar refractivity (Wildman–Crippen MR) is 113 cm³/mol. The minimum atomic E-state index is -0.991. The van der Waals surface area contributed by atoms with Gasteiger partial charge in [0.1, 0.15) is 17.2 Å². The molecule has 1 aliphatic rings. The van der Waals surface area contributed by atoms with E-state index in [9.17, 15) is 15.0 Å². The molecule has 0 spiro atoms. The topological polar surface area (TPSA) is 66.8 Å². The van der Waals surface area contributed by atoms with Crippen LogP contribution in [0.4, 0.5) is 0 Å². The van der Waals surface area contributed by atoms with Crippen LogP contribution < -0.4 is 15.2 Å². The summed E-state index contributed by atoms with van der Waals surface area (Å²) >= 11 is 0. The summed E-state index contributed by atoms with van der Waals surface area (Å²) in [5.41, 5.74) is 3.24. The molecule has 4 rings (SSSR count). The van der Waals surface area contributed by atoms with E-state index in [2.05, 4.69) is 27.4 Å². The highest BCUT2D eigenvalue weighted by Gasteiger charge is 2.26. The van der Waals surface area contributed by atoms with Gasteiger partial charge in [-0.1, -0.05) is 45.5 Å². The first-order valence-corrected chi connectivity index (χ1v) is 9.38. The van der Waals surface area contributed by atoms with Crippen molar-refractivity contribution in [3.8, 4) is 17.2 Å². The third kappa shape index (κ3) is 3.27. The highest BCUT2D eigenvalue weighted by Crippen LogP contribution is 2.39. The number of phenols is 1. The maximum Gasteiger partial charge on any atom is 0.336 e. The first-order valence-electron chi connectivity index (χ1n) is 9.38. The monoisotopic (exact) mass is 386 g/mol. The molecule has 0 saturated carbocycles. The number of hydrogen-bond acceptors (Lipinski definition) is 3. The second-order valence-corrected chi connectivity index (χ2v) is 8.30. The fourth-order valence-corrected chi connectivity index (χ4v) is 3.62. The molecule has 29 heavy (non-hydrogen) atoms. The van der Waals surface area contributed by atoms with Crippen LogP contribution in [-0.2, 0) is 5.41 Å². The van der Waals surface area contributed by atoms with Crippen LogP contribution in [0.1, 0.15) is 47.8 Å². The van der Waals surface area contributed by atoms with Gasteiger partial charge in [-0.15, -0.1) is 0 Å². The summed E-state index contributed by atoms with van der Waals surface area (Å²) in [7, 11) is 0. The lowest BCUT2D eigenvalue weighted by Gasteiger charge is -2.25. The zero-order chi connectivity index (χ0) is 20.9. The van der Waals surface area contributed by atoms with Gasteiger partial charge in [0.2, 0.25) is 0 Å². The van der Waals surface area contributed by atoms with E-state index >= 15 is 0 Å². The number of aromatic hydroxyl groups is 1. The molecule has 0 fully saturated rings. The van der Waals surface area contributed by atoms with Crippen molar-refractivity contribution in [1.82, 2.24) is 0 Å². The Morgan fingerprint density at radius 3 is 2.38 bits per heavy atom. The molecular formula is C25H22O4. The Morgan fingerprint density at radius 2 is 1.69 bits per heavy atom. The number of aromatic carboxylic acids is 1. The Morgan fingerprint density at radius 1 is 0.931 bits per heavy atom. The van der Waals surface area contributed by atoms with Crippen LogP contribution in [0.3, 0.4) is 0 Å². The third-order valence-electron chi connectivity index (χ3n) is 5.16. The second kappa shape index (κ2) is 6.52. The quantitative estimate of drug-likeness (QED) is 0.543. The number of fused-ring (bicyclic) bond motifs is 2. The average molecular weight is 386 g/mol. The van der Waals surface area contributed by atoms with E-state index in [0.717, 1.165) is 27.1 Å². The van der Waals surface area contributed by atoms with Gasteiger partial charge in [-0.25, -0.2) is 4.79 Å². The Hall–Kier alpha value is -3.53. The van der Waals surface area contributed by atoms with Crippen LogP contribution >= 0.6 is 0 Å². The van der Waals surface area contributed by atoms with Crippen molar-refractivity contribution in [2.45, 2.75) is 26.2 Å². The molecule has 4 nitrogen and oxygen atoms in total. The van der Waals surface area contributed by atoms with Gasteiger partial charge in [0.25, 0.3) is 0 Å². The zero-order valence-corrected chi connectivity index (χ0v) is 16.6. The molecule has 1 heterocycles. The molecule has 2 N–H and O–H groups in total. The molecule has 0 amide bonds. The van der Waals surface area contributed by atoms with Crippen LogP contribution in [0, 0.1) is 0 Å². The summed E-state index contributed by atoms with van der Waals surface area (Å²) in [6.07, 6.45) is 0. The Bertz CT molecular complexity index is 1260. The van der Waals surface area contributed by atoms with Crippen molar-refractivity contribution in [1.29, 1.82) is 0 Å². The van der Waals surface area contributed by atoms with Crippen molar-refractivity contribution < 1.29 is 19.7 Å². The Balaban J connectivity index is 2.16. The van der Waals surface area contributed by atoms with E-state index in [4.69, 9.17) is 4.74 Å². The first-order chi connectivity index (χ1) is 13.6. The van der Waals surface area contributed by atoms with Crippen molar-refractivity contribution in [3.05, 3.63) is 87.3 Å². The van der Waals surface area contributed by atoms with Gasteiger partial charge in [0.15, 0.2) is 0 Å². The number of ether oxygens (including phenoxy) is 1. The van der Waals surface area contributed by atoms with E-state index in [-0.39, 0.29) is 16.7 Å². The summed E-state index contributed by atoms with van der Waals surface area (Å²) in [4.78, 5) is 12.1. The maximum atomic E-state index is 12.1. The van der Waals surface area contributed by atoms with Crippen LogP contribution in [0.25, 0.3) is 12.2 Å². The molecule has 146 valence electrons. The number of hydrogen-bond donors (Lipinski definition) is 2. The third-order valence-corrected chi connectivity index (χ3v) is 5.16. The lowest BCUT2D eigenvalue weighted by atomic mass is 9.82. The molecule has 0 radical (unpaired) electrons. The second-order valence-electron chi connectivity index (χ2n) is 8.30. The molecule has 0 aromatic heterocycles. The minimum Gasteiger partial charge on any atom is -0.508 e. The fourth-order valence-electron chi connectivity index (χ4n) is 3.62. The predicted octanol–water partition coefficient (Wildman–Crippen LogP) is 4.15. The summed E-state index contributed by atoms with van der Waals surface area (Å²) in [5, 5.41) is 21.4. The van der Waals surface area contributed by atoms with Crippen LogP contribution in [0.2, 0.25) is 0 Å². The molecule has 4 heteroatoms. The number of rotatable bonds is 2. The molecule has 3 aromatic carbocycles. The highest BCUT2D eigenvalue weighted by atomic mass is 16.5. The van der Waals surface area contributed by atoms with E-state index in [1.807, 2.05) is 30.3 Å². The number of carbonyl (C=O) groups is 1. The molecule has 3 aromatic rings. The SMILES string of the molecule is C=c1ccc2c(c1)Oc1cc(O)ccc1C=2c1cc(C(C)(C)C)ccc1C(=O)O. The van der Waals surface area contributed by atoms with Gasteiger partial charge >= 0.3 is 5.97 Å². The van der Waals surface area contributed by atoms with Gasteiger partial charge in [-0.2, -0.15) is 0 Å². The van der Waals surface area contributed by atoms with Gasteiger partial charge in [0.05, 0.1) is 5.56 Å². The fraction of sp³-hybridized carbons (Fsp3) is 0.160. The van der Waals surface area contributed by atoms with Crippen molar-refractivity contribution in [2.75, 3.05) is 0 Å². The smallest absolute Gasteiger partial charge is 0.336 e. The number of phenolic OH excluding ortho intramolecular Hbond substituents is 1. The molecule has 0 unspecified atom stereocenters. The number of carboxylic acid groups (broad SMARTS) is 1. The average Bonchev–Trinajstić information content (AvgIpc) is 2.64. The van der Waals surface area contributed by atoms with Gasteiger partial charge in [-0.3, -0.25) is 0 Å². The summed E-state index contributed by atoms with van der Waals surface area (Å²) in [5.74, 6) is 0.160. The molecule has 0 aliphatic carbocycles. The summed E-state index contributed by atoms with van der Waals surface area (Å²) < 4.78 is 6.02. The summed E-state index contributed by atoms with van der Waals surface area (Å²) in [6.45, 7) is 10.2. The Labute approximate surface area is 169 Å². The molecule has 1 aliphatic heterocycles. The lowest BCUT2D eigenvalue weighted by molar-refractivity contribution is 0.0696. The molecule has 0 saturated heterocycles. The van der Waals surface area contributed by atoms with Gasteiger partial charge < -0.3 is 14.9 Å². The largest absolute Gasteiger partial charge is 0.508 e. The molecular weight excluding hydrogens is 364 g/mol. The first kappa shape index (κ1) is 18.8. The lowest BCUT2D eigenvalue weighted by Crippen LogP contribution is -2.21. The highest BCUT2D eigenvalue weighted by molar-refractivity contribution is 5.98. The standard InChI is InChI=1S/C25H22O4/c1-14-5-8-18-21(11-14)29-22-13-16(26)7-10-19(22)23(18)20-12-15(25(2,3)4)6-9-17(20)24(27)28/h5-13,26H,1H2,2-4H3,(H,27,28). The van der Waals surface area contributed by atoms with Crippen molar-refractivity contribution in [2.24, 2.45) is 0 Å². The van der Waals surface area contributed by atoms with Crippen molar-refractivity contribution >= 4 is 18.1 Å². The Kier molecular flexibility index (Phi) is 4.23. The zero-order valence-electron chi connectivity index (χ0n) is 16.6. The number of carboxylic acids is 1. The van der Waals surface area contributed by atoms with Crippen LogP contribution in [-0.4, -0.2) is 16.2 Å². The molecule has 0 atom stereocenters. The molecule has 0 bridgehead atoms. The van der Waals surface area contributed by atoms with E-state index in [1.54, 1.807) is 24.3 Å². The normalized spacial score (nSPS) is 12.7. The van der Waals surface area contributed by atoms with E-state index in [0.29, 0.717) is 17.1 Å². The van der Waals surface area contributed by atoms with Gasteiger partial charge in [-0.05, 0) is 52.1 Å². The summed E-state index contributed by atoms with van der Waals surface area (Å²) in [6, 6.07) is 16.0. The van der Waals surface area contributed by atoms with E-state index < -0.39 is 5.97 Å². The number of benzene rings is 3. The van der Waals surface area contributed by atoms with Crippen LogP contribution in [0.15, 0.2) is 54.6 Å². The minimum absolute atomic E-state index is 0.0826. The van der Waals surface area contributed by atoms with E-state index in [1.165, 1.54) is 0 Å². The van der Waals surface area contributed by atoms with Crippen LogP contribution in [0.5, 0.6) is 17.2 Å². The maximum absolute atomic E-state index is 12.1. The van der Waals surface area contributed by atoms with Gasteiger partial charge in [0, 0.05) is 22.4 Å².